The number of benzene rings is 2. The molecule has 0 unspecified atom stereocenters. The molecule has 1 N–H and O–H groups in total. The number of hydrogen-bond donors (Lipinski definition) is 1. The molecule has 3 nitrogen and oxygen atoms in total. The predicted molar refractivity (Wildman–Crippen MR) is 87.0 cm³/mol. The number of H-pyrrole nitrogens is 1. The zero-order valence-electron chi connectivity index (χ0n) is 11.8. The van der Waals surface area contributed by atoms with Crippen molar-refractivity contribution in [1.82, 2.24) is 9.97 Å². The van der Waals surface area contributed by atoms with Gasteiger partial charge in [0, 0.05) is 5.56 Å². The second kappa shape index (κ2) is 6.14. The standard InChI is InChI=1S/C17H16N2OS/c1-2-12-7-9-13(10-8-12)16(20)11-21-17-18-14-5-3-4-6-15(14)19-17/h3-10H,2,11H2,1H3,(H,18,19). The summed E-state index contributed by atoms with van der Waals surface area (Å²) < 4.78 is 0. The number of para-hydroxylation sites is 2. The monoisotopic (exact) mass is 296 g/mol. The Morgan fingerprint density at radius 1 is 1.14 bits per heavy atom. The molecule has 0 aliphatic heterocycles. The highest BCUT2D eigenvalue weighted by atomic mass is 32.2. The van der Waals surface area contributed by atoms with E-state index in [4.69, 9.17) is 0 Å². The van der Waals surface area contributed by atoms with Crippen molar-refractivity contribution < 1.29 is 4.79 Å². The highest BCUT2D eigenvalue weighted by molar-refractivity contribution is 7.99. The topological polar surface area (TPSA) is 45.8 Å². The Bertz CT molecular complexity index is 729. The molecule has 106 valence electrons. The lowest BCUT2D eigenvalue weighted by Gasteiger charge is -2.01. The number of carbonyl (C=O) groups excluding carboxylic acids is 1. The summed E-state index contributed by atoms with van der Waals surface area (Å²) in [5, 5.41) is 0.787. The third kappa shape index (κ3) is 3.16. The van der Waals surface area contributed by atoms with Crippen LogP contribution in [0.2, 0.25) is 0 Å². The fraction of sp³-hybridized carbons (Fsp3) is 0.176. The minimum atomic E-state index is 0.128. The normalized spacial score (nSPS) is 10.9. The SMILES string of the molecule is CCc1ccc(C(=O)CSc2nc3ccccc3[nH]2)cc1. The van der Waals surface area contributed by atoms with Crippen LogP contribution in [0.4, 0.5) is 0 Å². The first-order valence-electron chi connectivity index (χ1n) is 6.96. The van der Waals surface area contributed by atoms with Gasteiger partial charge in [0.2, 0.25) is 0 Å². The van der Waals surface area contributed by atoms with E-state index in [1.165, 1.54) is 17.3 Å². The summed E-state index contributed by atoms with van der Waals surface area (Å²) in [4.78, 5) is 19.9. The third-order valence-corrected chi connectivity index (χ3v) is 4.27. The average molecular weight is 296 g/mol. The lowest BCUT2D eigenvalue weighted by molar-refractivity contribution is 0.102. The number of Topliss-reactive ketones (excluding diaryl/α,β-unsaturated/α-hetero) is 1. The van der Waals surface area contributed by atoms with Crippen LogP contribution >= 0.6 is 11.8 Å². The van der Waals surface area contributed by atoms with E-state index in [1.54, 1.807) is 0 Å². The largest absolute Gasteiger partial charge is 0.333 e. The number of rotatable bonds is 5. The molecule has 1 aromatic heterocycles. The van der Waals surface area contributed by atoms with Gasteiger partial charge in [-0.1, -0.05) is 55.1 Å². The van der Waals surface area contributed by atoms with E-state index in [9.17, 15) is 4.79 Å². The Balaban J connectivity index is 1.67. The maximum Gasteiger partial charge on any atom is 0.173 e. The van der Waals surface area contributed by atoms with Gasteiger partial charge in [0.15, 0.2) is 10.9 Å². The molecule has 0 atom stereocenters. The fourth-order valence-corrected chi connectivity index (χ4v) is 2.92. The van der Waals surface area contributed by atoms with E-state index in [-0.39, 0.29) is 5.78 Å². The van der Waals surface area contributed by atoms with Gasteiger partial charge in [-0.05, 0) is 24.1 Å². The zero-order valence-corrected chi connectivity index (χ0v) is 12.6. The Hall–Kier alpha value is -2.07. The molecule has 0 spiro atoms. The van der Waals surface area contributed by atoms with Crippen molar-refractivity contribution in [2.24, 2.45) is 0 Å². The molecule has 2 aromatic carbocycles. The molecule has 4 heteroatoms. The van der Waals surface area contributed by atoms with E-state index in [2.05, 4.69) is 16.9 Å². The summed E-state index contributed by atoms with van der Waals surface area (Å²) in [6.07, 6.45) is 0.988. The van der Waals surface area contributed by atoms with Gasteiger partial charge in [0.1, 0.15) is 0 Å². The minimum Gasteiger partial charge on any atom is -0.333 e. The van der Waals surface area contributed by atoms with Gasteiger partial charge in [-0.2, -0.15) is 0 Å². The van der Waals surface area contributed by atoms with Crippen molar-refractivity contribution in [2.75, 3.05) is 5.75 Å². The highest BCUT2D eigenvalue weighted by Gasteiger charge is 2.09. The molecule has 0 saturated carbocycles. The zero-order chi connectivity index (χ0) is 14.7. The molecule has 0 bridgehead atoms. The summed E-state index contributed by atoms with van der Waals surface area (Å²) in [7, 11) is 0. The highest BCUT2D eigenvalue weighted by Crippen LogP contribution is 2.20. The lowest BCUT2D eigenvalue weighted by atomic mass is 10.1. The van der Waals surface area contributed by atoms with Crippen molar-refractivity contribution >= 4 is 28.6 Å². The average Bonchev–Trinajstić information content (AvgIpc) is 2.95. The van der Waals surface area contributed by atoms with E-state index >= 15 is 0 Å². The van der Waals surface area contributed by atoms with Crippen LogP contribution in [0.3, 0.4) is 0 Å². The quantitative estimate of drug-likeness (QED) is 0.569. The van der Waals surface area contributed by atoms with Gasteiger partial charge in [-0.15, -0.1) is 0 Å². The molecule has 0 aliphatic rings. The number of aromatic nitrogens is 2. The van der Waals surface area contributed by atoms with Gasteiger partial charge in [0.05, 0.1) is 16.8 Å². The number of nitrogens with one attached hydrogen (secondary N) is 1. The maximum atomic E-state index is 12.2. The van der Waals surface area contributed by atoms with Crippen LogP contribution in [0.1, 0.15) is 22.8 Å². The maximum absolute atomic E-state index is 12.2. The van der Waals surface area contributed by atoms with Crippen molar-refractivity contribution in [3.05, 3.63) is 59.7 Å². The van der Waals surface area contributed by atoms with Crippen LogP contribution in [-0.4, -0.2) is 21.5 Å². The second-order valence-electron chi connectivity index (χ2n) is 4.82. The number of fused-ring (bicyclic) bond motifs is 1. The van der Waals surface area contributed by atoms with Crippen molar-refractivity contribution in [2.45, 2.75) is 18.5 Å². The van der Waals surface area contributed by atoms with Crippen LogP contribution in [-0.2, 0) is 6.42 Å². The lowest BCUT2D eigenvalue weighted by Crippen LogP contribution is -2.02. The first kappa shape index (κ1) is 13.9. The predicted octanol–water partition coefficient (Wildman–Crippen LogP) is 4.10. The van der Waals surface area contributed by atoms with Gasteiger partial charge in [-0.3, -0.25) is 4.79 Å². The van der Waals surface area contributed by atoms with Crippen LogP contribution in [0.15, 0.2) is 53.7 Å². The molecule has 3 rings (SSSR count). The Morgan fingerprint density at radius 2 is 1.90 bits per heavy atom. The van der Waals surface area contributed by atoms with Crippen molar-refractivity contribution in [3.8, 4) is 0 Å². The molecule has 0 saturated heterocycles. The molecule has 0 fully saturated rings. The van der Waals surface area contributed by atoms with Gasteiger partial charge in [0.25, 0.3) is 0 Å². The smallest absolute Gasteiger partial charge is 0.173 e. The van der Waals surface area contributed by atoms with E-state index in [1.807, 2.05) is 48.5 Å². The summed E-state index contributed by atoms with van der Waals surface area (Å²) >= 11 is 1.44. The Labute approximate surface area is 127 Å². The van der Waals surface area contributed by atoms with E-state index in [0.29, 0.717) is 5.75 Å². The fourth-order valence-electron chi connectivity index (χ4n) is 2.14. The van der Waals surface area contributed by atoms with E-state index in [0.717, 1.165) is 28.2 Å². The van der Waals surface area contributed by atoms with Crippen LogP contribution < -0.4 is 0 Å². The summed E-state index contributed by atoms with van der Waals surface area (Å²) in [5.74, 6) is 0.522. The summed E-state index contributed by atoms with van der Waals surface area (Å²) in [6.45, 7) is 2.11. The van der Waals surface area contributed by atoms with E-state index < -0.39 is 0 Å². The number of ketones is 1. The first-order valence-corrected chi connectivity index (χ1v) is 7.94. The molecular weight excluding hydrogens is 280 g/mol. The Kier molecular flexibility index (Phi) is 4.06. The number of nitrogens with zero attached hydrogens (tertiary/aromatic N) is 1. The van der Waals surface area contributed by atoms with Gasteiger partial charge >= 0.3 is 0 Å². The van der Waals surface area contributed by atoms with Crippen LogP contribution in [0.5, 0.6) is 0 Å². The number of imidazole rings is 1. The number of thioether (sulfide) groups is 1. The molecule has 0 amide bonds. The number of aromatic amines is 1. The van der Waals surface area contributed by atoms with Crippen LogP contribution in [0.25, 0.3) is 11.0 Å². The number of hydrogen-bond acceptors (Lipinski definition) is 3. The molecule has 0 aliphatic carbocycles. The number of aryl methyl sites for hydroxylation is 1. The summed E-state index contributed by atoms with van der Waals surface area (Å²) in [6, 6.07) is 15.7. The molecule has 0 radical (unpaired) electrons. The molecule has 3 aromatic rings. The third-order valence-electron chi connectivity index (χ3n) is 3.39. The van der Waals surface area contributed by atoms with Crippen molar-refractivity contribution in [1.29, 1.82) is 0 Å². The van der Waals surface area contributed by atoms with Crippen LogP contribution in [0, 0.1) is 0 Å². The first-order chi connectivity index (χ1) is 10.3. The number of carbonyl (C=O) groups is 1. The van der Waals surface area contributed by atoms with Crippen molar-refractivity contribution in [3.63, 3.8) is 0 Å². The minimum absolute atomic E-state index is 0.128. The molecule has 21 heavy (non-hydrogen) atoms. The Morgan fingerprint density at radius 3 is 2.62 bits per heavy atom. The second-order valence-corrected chi connectivity index (χ2v) is 5.79. The van der Waals surface area contributed by atoms with Gasteiger partial charge < -0.3 is 4.98 Å². The molecule has 1 heterocycles. The molecular formula is C17H16N2OS. The van der Waals surface area contributed by atoms with Gasteiger partial charge in [-0.25, -0.2) is 4.98 Å². The summed E-state index contributed by atoms with van der Waals surface area (Å²) in [5.41, 5.74) is 3.94.